The van der Waals surface area contributed by atoms with Crippen molar-refractivity contribution in [2.45, 2.75) is 18.4 Å². The molecule has 2 rings (SSSR count). The van der Waals surface area contributed by atoms with Gasteiger partial charge in [-0.1, -0.05) is 23.2 Å². The maximum Gasteiger partial charge on any atom is 0.100 e. The highest BCUT2D eigenvalue weighted by atomic mass is 35.5. The molecule has 0 spiro atoms. The van der Waals surface area contributed by atoms with Crippen molar-refractivity contribution in [1.82, 2.24) is 0 Å². The van der Waals surface area contributed by atoms with E-state index in [0.29, 0.717) is 8.67 Å². The summed E-state index contributed by atoms with van der Waals surface area (Å²) in [6, 6.07) is 1.75. The first-order valence-electron chi connectivity index (χ1n) is 3.29. The van der Waals surface area contributed by atoms with E-state index in [1.54, 1.807) is 6.07 Å². The third-order valence-corrected chi connectivity index (χ3v) is 3.37. The second-order valence-electron chi connectivity index (χ2n) is 2.77. The van der Waals surface area contributed by atoms with E-state index in [0.717, 1.165) is 18.4 Å². The minimum Gasteiger partial charge on any atom is -0.385 e. The molecule has 0 aliphatic heterocycles. The zero-order chi connectivity index (χ0) is 8.06. The first-order valence-corrected chi connectivity index (χ1v) is 4.87. The van der Waals surface area contributed by atoms with Gasteiger partial charge >= 0.3 is 0 Å². The van der Waals surface area contributed by atoms with Gasteiger partial charge in [-0.2, -0.15) is 0 Å². The monoisotopic (exact) mass is 208 g/mol. The molecule has 11 heavy (non-hydrogen) atoms. The van der Waals surface area contributed by atoms with Crippen LogP contribution in [0.4, 0.5) is 0 Å². The summed E-state index contributed by atoms with van der Waals surface area (Å²) in [5, 5.41) is 9.66. The number of rotatable bonds is 1. The predicted octanol–water partition coefficient (Wildman–Crippen LogP) is 3.04. The quantitative estimate of drug-likeness (QED) is 0.753. The van der Waals surface area contributed by atoms with E-state index in [1.807, 2.05) is 0 Å². The van der Waals surface area contributed by atoms with Crippen LogP contribution >= 0.6 is 34.5 Å². The Hall–Kier alpha value is 0.240. The van der Waals surface area contributed by atoms with Gasteiger partial charge in [0.2, 0.25) is 0 Å². The molecule has 0 radical (unpaired) electrons. The van der Waals surface area contributed by atoms with Crippen molar-refractivity contribution in [2.24, 2.45) is 0 Å². The van der Waals surface area contributed by atoms with Crippen LogP contribution in [0.5, 0.6) is 0 Å². The van der Waals surface area contributed by atoms with Crippen molar-refractivity contribution in [2.75, 3.05) is 0 Å². The van der Waals surface area contributed by atoms with Gasteiger partial charge in [0.05, 0.1) is 9.94 Å². The van der Waals surface area contributed by atoms with Gasteiger partial charge in [-0.15, -0.1) is 11.3 Å². The highest BCUT2D eigenvalue weighted by Gasteiger charge is 2.44. The standard InChI is InChI=1S/C7H6Cl2OS/c8-5-3-4(6(9)11-5)7(10)1-2-7/h3,10H,1-2H2. The van der Waals surface area contributed by atoms with Crippen molar-refractivity contribution >= 4 is 34.5 Å². The SMILES string of the molecule is OC1(c2cc(Cl)sc2Cl)CC1. The Balaban J connectivity index is 2.44. The van der Waals surface area contributed by atoms with Crippen molar-refractivity contribution in [3.63, 3.8) is 0 Å². The Morgan fingerprint density at radius 2 is 2.09 bits per heavy atom. The van der Waals surface area contributed by atoms with Gasteiger partial charge < -0.3 is 5.11 Å². The lowest BCUT2D eigenvalue weighted by atomic mass is 10.2. The molecule has 1 heterocycles. The van der Waals surface area contributed by atoms with Gasteiger partial charge in [0.15, 0.2) is 0 Å². The summed E-state index contributed by atoms with van der Waals surface area (Å²) in [6.45, 7) is 0. The van der Waals surface area contributed by atoms with Gasteiger partial charge in [-0.25, -0.2) is 0 Å². The fourth-order valence-electron chi connectivity index (χ4n) is 1.05. The topological polar surface area (TPSA) is 20.2 Å². The van der Waals surface area contributed by atoms with Crippen LogP contribution < -0.4 is 0 Å². The molecule has 1 N–H and O–H groups in total. The molecule has 1 aromatic heterocycles. The molecule has 0 saturated heterocycles. The van der Waals surface area contributed by atoms with Crippen LogP contribution in [0.2, 0.25) is 8.67 Å². The molecule has 0 amide bonds. The molecule has 0 aromatic carbocycles. The number of aliphatic hydroxyl groups is 1. The number of halogens is 2. The third-order valence-electron chi connectivity index (χ3n) is 1.88. The van der Waals surface area contributed by atoms with E-state index in [4.69, 9.17) is 23.2 Å². The lowest BCUT2D eigenvalue weighted by molar-refractivity contribution is 0.152. The fraction of sp³-hybridized carbons (Fsp3) is 0.429. The number of hydrogen-bond donors (Lipinski definition) is 1. The van der Waals surface area contributed by atoms with E-state index >= 15 is 0 Å². The maximum atomic E-state index is 9.66. The number of thiophene rings is 1. The van der Waals surface area contributed by atoms with E-state index in [-0.39, 0.29) is 0 Å². The van der Waals surface area contributed by atoms with Gasteiger partial charge in [0, 0.05) is 5.56 Å². The predicted molar refractivity (Wildman–Crippen MR) is 47.5 cm³/mol. The Morgan fingerprint density at radius 1 is 1.45 bits per heavy atom. The highest BCUT2D eigenvalue weighted by Crippen LogP contribution is 2.50. The summed E-state index contributed by atoms with van der Waals surface area (Å²) in [5.41, 5.74) is 0.148. The normalized spacial score (nSPS) is 20.3. The molecule has 1 saturated carbocycles. The van der Waals surface area contributed by atoms with Crippen LogP contribution in [-0.2, 0) is 5.60 Å². The lowest BCUT2D eigenvalue weighted by Gasteiger charge is -2.03. The molecular weight excluding hydrogens is 203 g/mol. The van der Waals surface area contributed by atoms with Crippen LogP contribution in [0.25, 0.3) is 0 Å². The molecule has 60 valence electrons. The summed E-state index contributed by atoms with van der Waals surface area (Å²) in [6.07, 6.45) is 1.61. The second kappa shape index (κ2) is 2.36. The first kappa shape index (κ1) is 7.87. The van der Waals surface area contributed by atoms with Crippen molar-refractivity contribution in [1.29, 1.82) is 0 Å². The van der Waals surface area contributed by atoms with E-state index in [9.17, 15) is 5.11 Å². The molecule has 0 atom stereocenters. The molecule has 1 aliphatic carbocycles. The van der Waals surface area contributed by atoms with Crippen LogP contribution in [0, 0.1) is 0 Å². The van der Waals surface area contributed by atoms with E-state index in [2.05, 4.69) is 0 Å². The largest absolute Gasteiger partial charge is 0.385 e. The van der Waals surface area contributed by atoms with Crippen molar-refractivity contribution < 1.29 is 5.11 Å². The molecule has 0 unspecified atom stereocenters. The Morgan fingerprint density at radius 3 is 2.45 bits per heavy atom. The molecular formula is C7H6Cl2OS. The minimum absolute atomic E-state index is 0.620. The molecule has 0 bridgehead atoms. The zero-order valence-corrected chi connectivity index (χ0v) is 7.93. The minimum atomic E-state index is -0.652. The molecule has 1 aliphatic rings. The van der Waals surface area contributed by atoms with Gasteiger partial charge in [0.25, 0.3) is 0 Å². The Bertz CT molecular complexity index is 291. The average molecular weight is 209 g/mol. The molecule has 4 heteroatoms. The summed E-state index contributed by atoms with van der Waals surface area (Å²) < 4.78 is 1.26. The first-order chi connectivity index (χ1) is 5.12. The number of hydrogen-bond acceptors (Lipinski definition) is 2. The van der Waals surface area contributed by atoms with E-state index < -0.39 is 5.60 Å². The molecule has 1 fully saturated rings. The van der Waals surface area contributed by atoms with Gasteiger partial charge in [-0.05, 0) is 18.9 Å². The van der Waals surface area contributed by atoms with Gasteiger partial charge in [0.1, 0.15) is 4.34 Å². The zero-order valence-electron chi connectivity index (χ0n) is 5.60. The molecule has 1 aromatic rings. The van der Waals surface area contributed by atoms with Crippen molar-refractivity contribution in [3.05, 3.63) is 20.3 Å². The third kappa shape index (κ3) is 1.29. The fourth-order valence-corrected chi connectivity index (χ4v) is 2.69. The lowest BCUT2D eigenvalue weighted by Crippen LogP contribution is -2.01. The van der Waals surface area contributed by atoms with E-state index in [1.165, 1.54) is 11.3 Å². The summed E-state index contributed by atoms with van der Waals surface area (Å²) in [7, 11) is 0. The second-order valence-corrected chi connectivity index (χ2v) is 5.06. The Labute approximate surface area is 78.6 Å². The van der Waals surface area contributed by atoms with Crippen LogP contribution in [0.3, 0.4) is 0 Å². The Kier molecular flexibility index (Phi) is 1.69. The average Bonchev–Trinajstić information content (AvgIpc) is 2.55. The van der Waals surface area contributed by atoms with Crippen LogP contribution in [0.15, 0.2) is 6.07 Å². The van der Waals surface area contributed by atoms with Crippen molar-refractivity contribution in [3.8, 4) is 0 Å². The molecule has 1 nitrogen and oxygen atoms in total. The maximum absolute atomic E-state index is 9.66. The summed E-state index contributed by atoms with van der Waals surface area (Å²) >= 11 is 12.9. The summed E-state index contributed by atoms with van der Waals surface area (Å²) in [5.74, 6) is 0. The summed E-state index contributed by atoms with van der Waals surface area (Å²) in [4.78, 5) is 0. The van der Waals surface area contributed by atoms with Crippen LogP contribution in [-0.4, -0.2) is 5.11 Å². The smallest absolute Gasteiger partial charge is 0.100 e. The van der Waals surface area contributed by atoms with Gasteiger partial charge in [-0.3, -0.25) is 0 Å². The van der Waals surface area contributed by atoms with Crippen LogP contribution in [0.1, 0.15) is 18.4 Å². The highest BCUT2D eigenvalue weighted by molar-refractivity contribution is 7.20.